The monoisotopic (exact) mass is 285 g/mol. The Kier molecular flexibility index (Phi) is 4.94. The van der Waals surface area contributed by atoms with Gasteiger partial charge in [0.1, 0.15) is 5.60 Å². The normalized spacial score (nSPS) is 12.8. The Morgan fingerprint density at radius 3 is 2.47 bits per heavy atom. The molecule has 0 saturated carbocycles. The molecule has 5 nitrogen and oxygen atoms in total. The summed E-state index contributed by atoms with van der Waals surface area (Å²) in [4.78, 5) is 25.3. The number of ether oxygens (including phenoxy) is 1. The zero-order chi connectivity index (χ0) is 14.6. The van der Waals surface area contributed by atoms with Gasteiger partial charge in [-0.1, -0.05) is 6.07 Å². The first-order valence-electron chi connectivity index (χ1n) is 6.02. The molecule has 1 heterocycles. The molecular weight excluding hydrogens is 266 g/mol. The van der Waals surface area contributed by atoms with E-state index in [1.54, 1.807) is 45.2 Å². The number of likely N-dealkylation sites (N-methyl/N-ethyl adjacent to an activating group) is 1. The number of carbonyl (C=O) groups excluding carboxylic acids is 1. The van der Waals surface area contributed by atoms with E-state index in [-0.39, 0.29) is 6.54 Å². The lowest BCUT2D eigenvalue weighted by molar-refractivity contribution is -0.143. The molecular formula is C13H19NO4S. The number of carbonyl (C=O) groups is 2. The van der Waals surface area contributed by atoms with Gasteiger partial charge in [0.05, 0.1) is 0 Å². The molecule has 0 aromatic carbocycles. The summed E-state index contributed by atoms with van der Waals surface area (Å²) >= 11 is 1.31. The zero-order valence-corrected chi connectivity index (χ0v) is 12.4. The van der Waals surface area contributed by atoms with Crippen LogP contribution in [0.3, 0.4) is 0 Å². The smallest absolute Gasteiger partial charge is 0.411 e. The van der Waals surface area contributed by atoms with E-state index in [2.05, 4.69) is 0 Å². The Morgan fingerprint density at radius 1 is 1.47 bits per heavy atom. The molecule has 0 bridgehead atoms. The van der Waals surface area contributed by atoms with Crippen molar-refractivity contribution in [1.82, 2.24) is 4.90 Å². The van der Waals surface area contributed by atoms with Gasteiger partial charge in [0.15, 0.2) is 6.04 Å². The molecule has 6 heteroatoms. The number of carboxylic acids is 1. The summed E-state index contributed by atoms with van der Waals surface area (Å²) in [6, 6.07) is 2.47. The molecule has 0 aliphatic heterocycles. The highest BCUT2D eigenvalue weighted by Gasteiger charge is 2.33. The van der Waals surface area contributed by atoms with Crippen molar-refractivity contribution in [3.8, 4) is 0 Å². The van der Waals surface area contributed by atoms with Crippen molar-refractivity contribution in [3.05, 3.63) is 22.4 Å². The van der Waals surface area contributed by atoms with E-state index in [9.17, 15) is 14.7 Å². The molecule has 1 N–H and O–H groups in total. The molecule has 1 rings (SSSR count). The molecule has 1 atom stereocenters. The molecule has 1 unspecified atom stereocenters. The van der Waals surface area contributed by atoms with E-state index in [0.717, 1.165) is 0 Å². The van der Waals surface area contributed by atoms with E-state index in [4.69, 9.17) is 4.74 Å². The summed E-state index contributed by atoms with van der Waals surface area (Å²) in [5, 5.41) is 11.1. The minimum atomic E-state index is -1.06. The fourth-order valence-corrected chi connectivity index (χ4v) is 2.42. The number of thiophene rings is 1. The van der Waals surface area contributed by atoms with Crippen LogP contribution in [0, 0.1) is 0 Å². The van der Waals surface area contributed by atoms with Gasteiger partial charge in [0, 0.05) is 11.4 Å². The molecule has 0 saturated heterocycles. The summed E-state index contributed by atoms with van der Waals surface area (Å²) in [6.07, 6.45) is -0.615. The molecule has 0 aliphatic rings. The maximum Gasteiger partial charge on any atom is 0.411 e. The molecule has 0 fully saturated rings. The van der Waals surface area contributed by atoms with Crippen molar-refractivity contribution in [2.24, 2.45) is 0 Å². The highest BCUT2D eigenvalue weighted by Crippen LogP contribution is 2.27. The number of amides is 1. The van der Waals surface area contributed by atoms with E-state index >= 15 is 0 Å². The van der Waals surface area contributed by atoms with Crippen LogP contribution in [-0.4, -0.2) is 34.2 Å². The van der Waals surface area contributed by atoms with Crippen LogP contribution in [0.1, 0.15) is 38.6 Å². The third-order valence-corrected chi connectivity index (χ3v) is 3.25. The van der Waals surface area contributed by atoms with Crippen molar-refractivity contribution < 1.29 is 19.4 Å². The standard InChI is InChI=1S/C13H19NO4S/c1-5-14(12(17)18-13(2,3)4)10(11(15)16)9-7-6-8-19-9/h6-8,10H,5H2,1-4H3,(H,15,16). The number of hydrogen-bond donors (Lipinski definition) is 1. The third-order valence-electron chi connectivity index (χ3n) is 2.33. The molecule has 19 heavy (non-hydrogen) atoms. The number of rotatable bonds is 4. The van der Waals surface area contributed by atoms with Gasteiger partial charge < -0.3 is 9.84 Å². The molecule has 0 radical (unpaired) electrons. The second kappa shape index (κ2) is 6.06. The fourth-order valence-electron chi connectivity index (χ4n) is 1.59. The van der Waals surface area contributed by atoms with Gasteiger partial charge in [-0.25, -0.2) is 9.59 Å². The Labute approximate surface area is 116 Å². The first-order valence-corrected chi connectivity index (χ1v) is 6.90. The van der Waals surface area contributed by atoms with E-state index in [0.29, 0.717) is 4.88 Å². The molecule has 0 spiro atoms. The number of nitrogens with zero attached hydrogens (tertiary/aromatic N) is 1. The van der Waals surface area contributed by atoms with Gasteiger partial charge in [-0.3, -0.25) is 4.90 Å². The lowest BCUT2D eigenvalue weighted by Gasteiger charge is -2.30. The lowest BCUT2D eigenvalue weighted by atomic mass is 10.2. The Hall–Kier alpha value is -1.56. The molecule has 1 amide bonds. The quantitative estimate of drug-likeness (QED) is 0.923. The molecule has 0 aliphatic carbocycles. The van der Waals surface area contributed by atoms with Crippen LogP contribution in [0.5, 0.6) is 0 Å². The highest BCUT2D eigenvalue weighted by molar-refractivity contribution is 7.10. The van der Waals surface area contributed by atoms with Gasteiger partial charge in [-0.2, -0.15) is 0 Å². The van der Waals surface area contributed by atoms with Crippen molar-refractivity contribution in [3.63, 3.8) is 0 Å². The van der Waals surface area contributed by atoms with Crippen molar-refractivity contribution in [1.29, 1.82) is 0 Å². The summed E-state index contributed by atoms with van der Waals surface area (Å²) < 4.78 is 5.25. The van der Waals surface area contributed by atoms with Gasteiger partial charge in [-0.05, 0) is 39.1 Å². The predicted octanol–water partition coefficient (Wildman–Crippen LogP) is 3.13. The maximum atomic E-state index is 12.1. The average Bonchev–Trinajstić information content (AvgIpc) is 2.75. The van der Waals surface area contributed by atoms with Gasteiger partial charge in [0.2, 0.25) is 0 Å². The summed E-state index contributed by atoms with van der Waals surface area (Å²) in [6.45, 7) is 7.25. The predicted molar refractivity (Wildman–Crippen MR) is 73.3 cm³/mol. The molecule has 106 valence electrons. The van der Waals surface area contributed by atoms with Gasteiger partial charge in [-0.15, -0.1) is 11.3 Å². The van der Waals surface area contributed by atoms with Crippen molar-refractivity contribution in [2.75, 3.05) is 6.54 Å². The SMILES string of the molecule is CCN(C(=O)OC(C)(C)C)C(C(=O)O)c1cccs1. The van der Waals surface area contributed by atoms with Crippen LogP contribution >= 0.6 is 11.3 Å². The lowest BCUT2D eigenvalue weighted by Crippen LogP contribution is -2.41. The summed E-state index contributed by atoms with van der Waals surface area (Å²) in [5.41, 5.74) is -0.650. The molecule has 1 aromatic rings. The fraction of sp³-hybridized carbons (Fsp3) is 0.538. The average molecular weight is 285 g/mol. The van der Waals surface area contributed by atoms with E-state index < -0.39 is 23.7 Å². The van der Waals surface area contributed by atoms with Crippen LogP contribution in [0.2, 0.25) is 0 Å². The summed E-state index contributed by atoms with van der Waals surface area (Å²) in [7, 11) is 0. The minimum Gasteiger partial charge on any atom is -0.479 e. The largest absolute Gasteiger partial charge is 0.479 e. The highest BCUT2D eigenvalue weighted by atomic mass is 32.1. The first-order chi connectivity index (χ1) is 8.76. The maximum absolute atomic E-state index is 12.1. The van der Waals surface area contributed by atoms with Gasteiger partial charge in [0.25, 0.3) is 0 Å². The Balaban J connectivity index is 2.98. The Morgan fingerprint density at radius 2 is 2.11 bits per heavy atom. The van der Waals surface area contributed by atoms with Crippen LogP contribution < -0.4 is 0 Å². The van der Waals surface area contributed by atoms with Crippen LogP contribution in [0.4, 0.5) is 4.79 Å². The number of carboxylic acid groups (broad SMARTS) is 1. The zero-order valence-electron chi connectivity index (χ0n) is 11.5. The topological polar surface area (TPSA) is 66.8 Å². The number of aliphatic carboxylic acids is 1. The van der Waals surface area contributed by atoms with E-state index in [1.807, 2.05) is 0 Å². The van der Waals surface area contributed by atoms with Crippen molar-refractivity contribution in [2.45, 2.75) is 39.3 Å². The van der Waals surface area contributed by atoms with Crippen LogP contribution in [0.25, 0.3) is 0 Å². The first kappa shape index (κ1) is 15.5. The van der Waals surface area contributed by atoms with E-state index in [1.165, 1.54) is 16.2 Å². The van der Waals surface area contributed by atoms with Crippen LogP contribution in [-0.2, 0) is 9.53 Å². The van der Waals surface area contributed by atoms with Crippen molar-refractivity contribution >= 4 is 23.4 Å². The third kappa shape index (κ3) is 4.24. The Bertz CT molecular complexity index is 436. The summed E-state index contributed by atoms with van der Waals surface area (Å²) in [5.74, 6) is -1.06. The minimum absolute atomic E-state index is 0.268. The second-order valence-electron chi connectivity index (χ2n) is 5.02. The molecule has 1 aromatic heterocycles. The number of hydrogen-bond acceptors (Lipinski definition) is 4. The van der Waals surface area contributed by atoms with Crippen LogP contribution in [0.15, 0.2) is 17.5 Å². The second-order valence-corrected chi connectivity index (χ2v) is 6.00. The van der Waals surface area contributed by atoms with Gasteiger partial charge >= 0.3 is 12.1 Å².